The molecule has 1 aromatic carbocycles. The Bertz CT molecular complexity index is 837. The minimum Gasteiger partial charge on any atom is -0.355 e. The molecule has 0 bridgehead atoms. The van der Waals surface area contributed by atoms with Gasteiger partial charge in [-0.25, -0.2) is 0 Å². The number of nitrogens with one attached hydrogen (secondary N) is 1. The van der Waals surface area contributed by atoms with E-state index in [2.05, 4.69) is 25.2 Å². The van der Waals surface area contributed by atoms with Gasteiger partial charge in [-0.05, 0) is 6.42 Å². The molecule has 1 aliphatic rings. The molecule has 23 heavy (non-hydrogen) atoms. The van der Waals surface area contributed by atoms with Gasteiger partial charge in [-0.1, -0.05) is 35.5 Å². The van der Waals surface area contributed by atoms with Gasteiger partial charge in [0, 0.05) is 18.5 Å². The maximum absolute atomic E-state index is 12.4. The number of hydrogen-bond donors (Lipinski definition) is 1. The zero-order valence-corrected chi connectivity index (χ0v) is 12.4. The molecule has 0 fully saturated rings. The molecule has 0 saturated heterocycles. The zero-order chi connectivity index (χ0) is 15.6. The second-order valence-electron chi connectivity index (χ2n) is 5.40. The molecule has 116 valence electrons. The standard InChI is InChI=1S/C16H15N5O2/c22-16(17-10-14-20-19-13-7-4-8-21(13)14)12-9-18-23-15(12)11-5-2-1-3-6-11/h1-3,5-6,9H,4,7-8,10H2,(H,17,22). The highest BCUT2D eigenvalue weighted by Gasteiger charge is 2.20. The van der Waals surface area contributed by atoms with Crippen LogP contribution < -0.4 is 5.32 Å². The summed E-state index contributed by atoms with van der Waals surface area (Å²) in [5.74, 6) is 2.00. The van der Waals surface area contributed by atoms with Crippen LogP contribution in [0.15, 0.2) is 41.1 Å². The molecule has 0 spiro atoms. The zero-order valence-electron chi connectivity index (χ0n) is 12.4. The minimum absolute atomic E-state index is 0.236. The maximum atomic E-state index is 12.4. The number of nitrogens with zero attached hydrogens (tertiary/aromatic N) is 4. The second-order valence-corrected chi connectivity index (χ2v) is 5.40. The van der Waals surface area contributed by atoms with Crippen LogP contribution in [0.3, 0.4) is 0 Å². The van der Waals surface area contributed by atoms with Gasteiger partial charge in [0.05, 0.1) is 12.7 Å². The van der Waals surface area contributed by atoms with E-state index in [1.807, 2.05) is 30.3 Å². The number of fused-ring (bicyclic) bond motifs is 1. The highest BCUT2D eigenvalue weighted by atomic mass is 16.5. The van der Waals surface area contributed by atoms with Gasteiger partial charge in [0.25, 0.3) is 5.91 Å². The summed E-state index contributed by atoms with van der Waals surface area (Å²) in [6, 6.07) is 9.44. The monoisotopic (exact) mass is 309 g/mol. The van der Waals surface area contributed by atoms with E-state index < -0.39 is 0 Å². The first kappa shape index (κ1) is 13.7. The average molecular weight is 309 g/mol. The first-order valence-electron chi connectivity index (χ1n) is 7.52. The summed E-state index contributed by atoms with van der Waals surface area (Å²) in [4.78, 5) is 12.4. The van der Waals surface area contributed by atoms with E-state index in [9.17, 15) is 4.79 Å². The van der Waals surface area contributed by atoms with Crippen LogP contribution in [0.5, 0.6) is 0 Å². The van der Waals surface area contributed by atoms with Crippen molar-refractivity contribution < 1.29 is 9.32 Å². The summed E-state index contributed by atoms with van der Waals surface area (Å²) in [5.41, 5.74) is 1.23. The molecular weight excluding hydrogens is 294 g/mol. The lowest BCUT2D eigenvalue weighted by Gasteiger charge is -2.05. The SMILES string of the molecule is O=C(NCc1nnc2n1CCC2)c1cnoc1-c1ccccc1. The number of rotatable bonds is 4. The summed E-state index contributed by atoms with van der Waals surface area (Å²) in [6.45, 7) is 1.25. The predicted octanol–water partition coefficient (Wildman–Crippen LogP) is 1.81. The Hall–Kier alpha value is -2.96. The van der Waals surface area contributed by atoms with Gasteiger partial charge < -0.3 is 14.4 Å². The van der Waals surface area contributed by atoms with E-state index in [1.54, 1.807) is 0 Å². The van der Waals surface area contributed by atoms with Gasteiger partial charge in [-0.3, -0.25) is 4.79 Å². The smallest absolute Gasteiger partial charge is 0.257 e. The number of benzene rings is 1. The van der Waals surface area contributed by atoms with Gasteiger partial charge in [0.2, 0.25) is 0 Å². The first-order chi connectivity index (χ1) is 11.3. The van der Waals surface area contributed by atoms with E-state index in [0.717, 1.165) is 36.6 Å². The molecule has 4 rings (SSSR count). The van der Waals surface area contributed by atoms with Crippen LogP contribution in [-0.2, 0) is 19.5 Å². The highest BCUT2D eigenvalue weighted by Crippen LogP contribution is 2.23. The van der Waals surface area contributed by atoms with Crippen molar-refractivity contribution in [2.24, 2.45) is 0 Å². The Kier molecular flexibility index (Phi) is 3.38. The van der Waals surface area contributed by atoms with Crippen molar-refractivity contribution >= 4 is 5.91 Å². The van der Waals surface area contributed by atoms with Crippen molar-refractivity contribution in [3.63, 3.8) is 0 Å². The molecule has 7 nitrogen and oxygen atoms in total. The highest BCUT2D eigenvalue weighted by molar-refractivity contribution is 5.99. The van der Waals surface area contributed by atoms with E-state index in [4.69, 9.17) is 4.52 Å². The second kappa shape index (κ2) is 5.68. The van der Waals surface area contributed by atoms with Crippen LogP contribution in [0, 0.1) is 0 Å². The minimum atomic E-state index is -0.236. The van der Waals surface area contributed by atoms with Crippen LogP contribution in [0.4, 0.5) is 0 Å². The van der Waals surface area contributed by atoms with E-state index in [0.29, 0.717) is 17.9 Å². The molecule has 1 N–H and O–H groups in total. The Morgan fingerprint density at radius 3 is 3.00 bits per heavy atom. The van der Waals surface area contributed by atoms with Crippen LogP contribution in [0.2, 0.25) is 0 Å². The third kappa shape index (κ3) is 2.50. The number of carbonyl (C=O) groups excluding carboxylic acids is 1. The topological polar surface area (TPSA) is 85.8 Å². The number of hydrogen-bond acceptors (Lipinski definition) is 5. The lowest BCUT2D eigenvalue weighted by Crippen LogP contribution is -2.24. The Morgan fingerprint density at radius 1 is 1.26 bits per heavy atom. The predicted molar refractivity (Wildman–Crippen MR) is 81.5 cm³/mol. The average Bonchev–Trinajstić information content (AvgIpc) is 3.30. The molecule has 3 heterocycles. The summed E-state index contributed by atoms with van der Waals surface area (Å²) < 4.78 is 7.30. The third-order valence-electron chi connectivity index (χ3n) is 3.94. The van der Waals surface area contributed by atoms with Crippen LogP contribution in [0.25, 0.3) is 11.3 Å². The number of aromatic nitrogens is 4. The van der Waals surface area contributed by atoms with Crippen molar-refractivity contribution in [3.8, 4) is 11.3 Å². The molecule has 3 aromatic rings. The molecular formula is C16H15N5O2. The van der Waals surface area contributed by atoms with Gasteiger partial charge in [-0.15, -0.1) is 10.2 Å². The largest absolute Gasteiger partial charge is 0.355 e. The summed E-state index contributed by atoms with van der Waals surface area (Å²) in [6.07, 6.45) is 3.46. The van der Waals surface area contributed by atoms with Crippen molar-refractivity contribution in [1.29, 1.82) is 0 Å². The first-order valence-corrected chi connectivity index (χ1v) is 7.52. The fourth-order valence-corrected chi connectivity index (χ4v) is 2.80. The Morgan fingerprint density at radius 2 is 2.13 bits per heavy atom. The van der Waals surface area contributed by atoms with E-state index >= 15 is 0 Å². The van der Waals surface area contributed by atoms with Crippen LogP contribution in [0.1, 0.15) is 28.4 Å². The van der Waals surface area contributed by atoms with Crippen molar-refractivity contribution in [3.05, 3.63) is 53.7 Å². The molecule has 0 unspecified atom stereocenters. The molecule has 7 heteroatoms. The number of carbonyl (C=O) groups is 1. The Balaban J connectivity index is 1.51. The Labute approximate surface area is 132 Å². The molecule has 0 aliphatic carbocycles. The number of aryl methyl sites for hydroxylation is 1. The fourth-order valence-electron chi connectivity index (χ4n) is 2.80. The summed E-state index contributed by atoms with van der Waals surface area (Å²) in [5, 5.41) is 14.9. The summed E-state index contributed by atoms with van der Waals surface area (Å²) >= 11 is 0. The van der Waals surface area contributed by atoms with Crippen LogP contribution in [-0.4, -0.2) is 25.8 Å². The molecule has 1 aliphatic heterocycles. The van der Waals surface area contributed by atoms with Crippen molar-refractivity contribution in [1.82, 2.24) is 25.2 Å². The van der Waals surface area contributed by atoms with Gasteiger partial charge in [0.15, 0.2) is 11.6 Å². The molecule has 0 radical (unpaired) electrons. The molecule has 0 saturated carbocycles. The normalized spacial score (nSPS) is 13.0. The number of amides is 1. The van der Waals surface area contributed by atoms with Crippen LogP contribution >= 0.6 is 0 Å². The van der Waals surface area contributed by atoms with Crippen molar-refractivity contribution in [2.45, 2.75) is 25.9 Å². The molecule has 0 atom stereocenters. The van der Waals surface area contributed by atoms with Gasteiger partial charge in [-0.2, -0.15) is 0 Å². The molecule has 1 amide bonds. The summed E-state index contributed by atoms with van der Waals surface area (Å²) in [7, 11) is 0. The van der Waals surface area contributed by atoms with Gasteiger partial charge >= 0.3 is 0 Å². The van der Waals surface area contributed by atoms with Crippen molar-refractivity contribution in [2.75, 3.05) is 0 Å². The van der Waals surface area contributed by atoms with E-state index in [1.165, 1.54) is 6.20 Å². The fraction of sp³-hybridized carbons (Fsp3) is 0.250. The van der Waals surface area contributed by atoms with Gasteiger partial charge in [0.1, 0.15) is 11.4 Å². The van der Waals surface area contributed by atoms with E-state index in [-0.39, 0.29) is 5.91 Å². The lowest BCUT2D eigenvalue weighted by molar-refractivity contribution is 0.0949. The maximum Gasteiger partial charge on any atom is 0.257 e. The third-order valence-corrected chi connectivity index (χ3v) is 3.94. The quantitative estimate of drug-likeness (QED) is 0.794. The lowest BCUT2D eigenvalue weighted by atomic mass is 10.1. The molecule has 2 aromatic heterocycles.